The Morgan fingerprint density at radius 3 is 2.92 bits per heavy atom. The van der Waals surface area contributed by atoms with E-state index in [9.17, 15) is 0 Å². The third-order valence-corrected chi connectivity index (χ3v) is 2.39. The molecule has 0 aromatic rings. The van der Waals surface area contributed by atoms with Gasteiger partial charge in [0.2, 0.25) is 0 Å². The average Bonchev–Trinajstić information content (AvgIpc) is 2.60. The van der Waals surface area contributed by atoms with E-state index < -0.39 is 0 Å². The van der Waals surface area contributed by atoms with Crippen LogP contribution in [0.4, 0.5) is 0 Å². The van der Waals surface area contributed by atoms with Crippen LogP contribution < -0.4 is 10.6 Å². The quantitative estimate of drug-likeness (QED) is 0.557. The first-order valence-corrected chi connectivity index (χ1v) is 4.82. The lowest BCUT2D eigenvalue weighted by Gasteiger charge is -2.11. The van der Waals surface area contributed by atoms with Crippen molar-refractivity contribution in [3.8, 4) is 0 Å². The molecule has 1 fully saturated rings. The van der Waals surface area contributed by atoms with Gasteiger partial charge in [-0.2, -0.15) is 0 Å². The van der Waals surface area contributed by atoms with Crippen molar-refractivity contribution in [3.05, 3.63) is 0 Å². The summed E-state index contributed by atoms with van der Waals surface area (Å²) in [7, 11) is 3.49. The number of ether oxygens (including phenoxy) is 2. The highest BCUT2D eigenvalue weighted by molar-refractivity contribution is 4.83. The summed E-state index contributed by atoms with van der Waals surface area (Å²) in [6, 6.07) is 0.557. The van der Waals surface area contributed by atoms with Crippen molar-refractivity contribution in [1.82, 2.24) is 10.6 Å². The molecule has 2 atom stereocenters. The van der Waals surface area contributed by atoms with E-state index in [0.717, 1.165) is 32.7 Å². The van der Waals surface area contributed by atoms with Gasteiger partial charge in [0, 0.05) is 39.9 Å². The van der Waals surface area contributed by atoms with Crippen LogP contribution >= 0.6 is 0 Å². The Bertz CT molecular complexity index is 133. The van der Waals surface area contributed by atoms with Crippen molar-refractivity contribution >= 4 is 0 Å². The number of methoxy groups -OCH3 is 2. The third kappa shape index (κ3) is 4.04. The van der Waals surface area contributed by atoms with Crippen molar-refractivity contribution in [3.63, 3.8) is 0 Å². The summed E-state index contributed by atoms with van der Waals surface area (Å²) in [5, 5.41) is 6.74. The first-order chi connectivity index (χ1) is 6.36. The Hall–Kier alpha value is -0.160. The van der Waals surface area contributed by atoms with E-state index in [1.54, 1.807) is 14.2 Å². The molecule has 2 N–H and O–H groups in total. The number of nitrogens with one attached hydrogen (secondary N) is 2. The standard InChI is InChI=1S/C9H20N2O2/c1-12-4-3-10-6-8-5-9(13-2)7-11-8/h8-11H,3-7H2,1-2H3. The zero-order valence-corrected chi connectivity index (χ0v) is 8.51. The molecule has 0 aromatic carbocycles. The number of hydrogen-bond acceptors (Lipinski definition) is 4. The molecular weight excluding hydrogens is 168 g/mol. The van der Waals surface area contributed by atoms with E-state index in [4.69, 9.17) is 9.47 Å². The molecule has 0 aromatic heterocycles. The maximum absolute atomic E-state index is 5.25. The number of rotatable bonds is 6. The van der Waals surface area contributed by atoms with Gasteiger partial charge in [-0.15, -0.1) is 0 Å². The molecule has 1 aliphatic rings. The SMILES string of the molecule is COCCNCC1CC(OC)CN1. The van der Waals surface area contributed by atoms with E-state index in [2.05, 4.69) is 10.6 Å². The second-order valence-corrected chi connectivity index (χ2v) is 3.40. The maximum atomic E-state index is 5.25. The fraction of sp³-hybridized carbons (Fsp3) is 1.00. The number of hydrogen-bond donors (Lipinski definition) is 2. The van der Waals surface area contributed by atoms with Gasteiger partial charge in [0.1, 0.15) is 0 Å². The lowest BCUT2D eigenvalue weighted by atomic mass is 10.2. The van der Waals surface area contributed by atoms with E-state index in [1.165, 1.54) is 0 Å². The van der Waals surface area contributed by atoms with Crippen molar-refractivity contribution in [2.24, 2.45) is 0 Å². The van der Waals surface area contributed by atoms with Crippen molar-refractivity contribution in [2.75, 3.05) is 40.5 Å². The highest BCUT2D eigenvalue weighted by Crippen LogP contribution is 2.07. The molecule has 4 nitrogen and oxygen atoms in total. The molecular formula is C9H20N2O2. The van der Waals surface area contributed by atoms with Crippen LogP contribution in [0.25, 0.3) is 0 Å². The van der Waals surface area contributed by atoms with E-state index in [-0.39, 0.29) is 0 Å². The Morgan fingerprint density at radius 1 is 1.46 bits per heavy atom. The third-order valence-electron chi connectivity index (χ3n) is 2.39. The molecule has 0 spiro atoms. The summed E-state index contributed by atoms with van der Waals surface area (Å²) in [6.07, 6.45) is 1.51. The highest BCUT2D eigenvalue weighted by atomic mass is 16.5. The van der Waals surface area contributed by atoms with E-state index in [1.807, 2.05) is 0 Å². The first kappa shape index (κ1) is 10.9. The molecule has 1 heterocycles. The van der Waals surface area contributed by atoms with Gasteiger partial charge in [0.15, 0.2) is 0 Å². The first-order valence-electron chi connectivity index (χ1n) is 4.82. The monoisotopic (exact) mass is 188 g/mol. The van der Waals surface area contributed by atoms with Crippen molar-refractivity contribution < 1.29 is 9.47 Å². The second-order valence-electron chi connectivity index (χ2n) is 3.40. The van der Waals surface area contributed by atoms with Gasteiger partial charge in [-0.1, -0.05) is 0 Å². The van der Waals surface area contributed by atoms with Crippen molar-refractivity contribution in [2.45, 2.75) is 18.6 Å². The second kappa shape index (κ2) is 6.32. The fourth-order valence-electron chi connectivity index (χ4n) is 1.57. The molecule has 1 saturated heterocycles. The Balaban J connectivity index is 1.97. The van der Waals surface area contributed by atoms with Crippen LogP contribution in [0.15, 0.2) is 0 Å². The van der Waals surface area contributed by atoms with Gasteiger partial charge in [-0.05, 0) is 6.42 Å². The van der Waals surface area contributed by atoms with Gasteiger partial charge >= 0.3 is 0 Å². The Labute approximate surface area is 80.0 Å². The molecule has 0 aliphatic carbocycles. The zero-order chi connectivity index (χ0) is 9.52. The van der Waals surface area contributed by atoms with Crippen LogP contribution in [0.2, 0.25) is 0 Å². The van der Waals surface area contributed by atoms with Gasteiger partial charge in [-0.25, -0.2) is 0 Å². The topological polar surface area (TPSA) is 42.5 Å². The summed E-state index contributed by atoms with van der Waals surface area (Å²) in [5.74, 6) is 0. The molecule has 0 saturated carbocycles. The minimum absolute atomic E-state index is 0.397. The minimum Gasteiger partial charge on any atom is -0.383 e. The average molecular weight is 188 g/mol. The molecule has 1 aliphatic heterocycles. The van der Waals surface area contributed by atoms with E-state index in [0.29, 0.717) is 12.1 Å². The Kier molecular flexibility index (Phi) is 5.31. The van der Waals surface area contributed by atoms with Crippen LogP contribution in [0, 0.1) is 0 Å². The van der Waals surface area contributed by atoms with Crippen LogP contribution in [-0.2, 0) is 9.47 Å². The largest absolute Gasteiger partial charge is 0.383 e. The van der Waals surface area contributed by atoms with Crippen LogP contribution in [0.1, 0.15) is 6.42 Å². The molecule has 13 heavy (non-hydrogen) atoms. The fourth-order valence-corrected chi connectivity index (χ4v) is 1.57. The normalized spacial score (nSPS) is 28.2. The predicted octanol–water partition coefficient (Wildman–Crippen LogP) is -0.401. The lowest BCUT2D eigenvalue weighted by Crippen LogP contribution is -2.35. The summed E-state index contributed by atoms with van der Waals surface area (Å²) in [6.45, 7) is 3.68. The molecule has 4 heteroatoms. The summed E-state index contributed by atoms with van der Waals surface area (Å²) < 4.78 is 10.2. The molecule has 78 valence electrons. The van der Waals surface area contributed by atoms with Gasteiger partial charge in [0.05, 0.1) is 12.7 Å². The molecule has 1 rings (SSSR count). The smallest absolute Gasteiger partial charge is 0.0711 e. The van der Waals surface area contributed by atoms with Crippen LogP contribution in [0.3, 0.4) is 0 Å². The summed E-state index contributed by atoms with van der Waals surface area (Å²) >= 11 is 0. The lowest BCUT2D eigenvalue weighted by molar-refractivity contribution is 0.117. The molecule has 0 radical (unpaired) electrons. The summed E-state index contributed by atoms with van der Waals surface area (Å²) in [5.41, 5.74) is 0. The van der Waals surface area contributed by atoms with Crippen molar-refractivity contribution in [1.29, 1.82) is 0 Å². The molecule has 0 amide bonds. The molecule has 2 unspecified atom stereocenters. The van der Waals surface area contributed by atoms with Crippen LogP contribution in [0.5, 0.6) is 0 Å². The molecule has 0 bridgehead atoms. The van der Waals surface area contributed by atoms with Crippen LogP contribution in [-0.4, -0.2) is 52.6 Å². The highest BCUT2D eigenvalue weighted by Gasteiger charge is 2.22. The van der Waals surface area contributed by atoms with Gasteiger partial charge in [-0.3, -0.25) is 0 Å². The van der Waals surface area contributed by atoms with Gasteiger partial charge in [0.25, 0.3) is 0 Å². The van der Waals surface area contributed by atoms with E-state index >= 15 is 0 Å². The zero-order valence-electron chi connectivity index (χ0n) is 8.51. The maximum Gasteiger partial charge on any atom is 0.0711 e. The van der Waals surface area contributed by atoms with Gasteiger partial charge < -0.3 is 20.1 Å². The minimum atomic E-state index is 0.397. The predicted molar refractivity (Wildman–Crippen MR) is 52.0 cm³/mol. The Morgan fingerprint density at radius 2 is 2.31 bits per heavy atom. The summed E-state index contributed by atoms with van der Waals surface area (Å²) in [4.78, 5) is 0.